The summed E-state index contributed by atoms with van der Waals surface area (Å²) >= 11 is 0. The van der Waals surface area contributed by atoms with Gasteiger partial charge in [0.2, 0.25) is 5.82 Å². The van der Waals surface area contributed by atoms with E-state index in [1.54, 1.807) is 19.9 Å². The molecule has 0 aromatic heterocycles. The van der Waals surface area contributed by atoms with Crippen molar-refractivity contribution < 1.29 is 13.5 Å². The molecule has 0 saturated carbocycles. The largest absolute Gasteiger partial charge is 0.488 e. The molecular formula is C12H16F2O. The van der Waals surface area contributed by atoms with E-state index in [-0.39, 0.29) is 11.9 Å². The van der Waals surface area contributed by atoms with Gasteiger partial charge < -0.3 is 4.74 Å². The molecule has 0 spiro atoms. The first-order chi connectivity index (χ1) is 7.04. The van der Waals surface area contributed by atoms with Gasteiger partial charge in [-0.1, -0.05) is 13.3 Å². The van der Waals surface area contributed by atoms with Crippen molar-refractivity contribution in [3.63, 3.8) is 0 Å². The third-order valence-electron chi connectivity index (χ3n) is 1.96. The van der Waals surface area contributed by atoms with Crippen LogP contribution in [-0.4, -0.2) is 6.10 Å². The predicted molar refractivity (Wildman–Crippen MR) is 56.1 cm³/mol. The Morgan fingerprint density at radius 1 is 1.27 bits per heavy atom. The minimum atomic E-state index is -0.899. The maximum atomic E-state index is 13.3. The molecule has 84 valence electrons. The lowest BCUT2D eigenvalue weighted by atomic mass is 10.1. The van der Waals surface area contributed by atoms with Crippen LogP contribution in [0.1, 0.15) is 32.8 Å². The molecule has 1 aromatic rings. The summed E-state index contributed by atoms with van der Waals surface area (Å²) in [4.78, 5) is 0. The normalized spacial score (nSPS) is 10.8. The average molecular weight is 214 g/mol. The van der Waals surface area contributed by atoms with Crippen LogP contribution >= 0.6 is 0 Å². The number of hydrogen-bond donors (Lipinski definition) is 0. The maximum Gasteiger partial charge on any atom is 0.200 e. The van der Waals surface area contributed by atoms with Gasteiger partial charge in [0, 0.05) is 0 Å². The Labute approximate surface area is 89.1 Å². The smallest absolute Gasteiger partial charge is 0.200 e. The van der Waals surface area contributed by atoms with Gasteiger partial charge in [-0.05, 0) is 38.0 Å². The monoisotopic (exact) mass is 214 g/mol. The van der Waals surface area contributed by atoms with E-state index in [4.69, 9.17) is 4.74 Å². The SMILES string of the molecule is CCCc1cc(F)c(F)c(OC(C)C)c1. The minimum Gasteiger partial charge on any atom is -0.488 e. The number of rotatable bonds is 4. The molecule has 0 bridgehead atoms. The van der Waals surface area contributed by atoms with Crippen LogP contribution in [0.5, 0.6) is 5.75 Å². The molecule has 0 radical (unpaired) electrons. The molecule has 0 amide bonds. The molecule has 0 aliphatic rings. The molecule has 3 heteroatoms. The Bertz CT molecular complexity index is 335. The lowest BCUT2D eigenvalue weighted by molar-refractivity contribution is 0.227. The third kappa shape index (κ3) is 3.18. The van der Waals surface area contributed by atoms with Crippen LogP contribution in [0.25, 0.3) is 0 Å². The van der Waals surface area contributed by atoms with E-state index < -0.39 is 11.6 Å². The summed E-state index contributed by atoms with van der Waals surface area (Å²) in [7, 11) is 0. The zero-order valence-electron chi connectivity index (χ0n) is 9.31. The van der Waals surface area contributed by atoms with Crippen LogP contribution in [0.4, 0.5) is 8.78 Å². The van der Waals surface area contributed by atoms with E-state index in [9.17, 15) is 8.78 Å². The second-order valence-electron chi connectivity index (χ2n) is 3.81. The molecule has 1 nitrogen and oxygen atoms in total. The molecule has 0 N–H and O–H groups in total. The fourth-order valence-electron chi connectivity index (χ4n) is 1.39. The van der Waals surface area contributed by atoms with Gasteiger partial charge in [0.05, 0.1) is 6.10 Å². The highest BCUT2D eigenvalue weighted by atomic mass is 19.2. The van der Waals surface area contributed by atoms with Crippen LogP contribution in [0.3, 0.4) is 0 Å². The van der Waals surface area contributed by atoms with Crippen molar-refractivity contribution in [3.8, 4) is 5.75 Å². The Morgan fingerprint density at radius 2 is 1.93 bits per heavy atom. The summed E-state index contributed by atoms with van der Waals surface area (Å²) in [5.74, 6) is -1.73. The Hall–Kier alpha value is -1.12. The van der Waals surface area contributed by atoms with Crippen LogP contribution < -0.4 is 4.74 Å². The Balaban J connectivity index is 3.01. The third-order valence-corrected chi connectivity index (χ3v) is 1.96. The zero-order valence-corrected chi connectivity index (χ0v) is 9.31. The molecule has 0 aliphatic heterocycles. The number of aryl methyl sites for hydroxylation is 1. The van der Waals surface area contributed by atoms with E-state index in [0.717, 1.165) is 18.4 Å². The van der Waals surface area contributed by atoms with Crippen molar-refractivity contribution in [1.82, 2.24) is 0 Å². The predicted octanol–water partition coefficient (Wildman–Crippen LogP) is 3.70. The second-order valence-corrected chi connectivity index (χ2v) is 3.81. The maximum absolute atomic E-state index is 13.3. The van der Waals surface area contributed by atoms with E-state index in [1.165, 1.54) is 6.07 Å². The van der Waals surface area contributed by atoms with Gasteiger partial charge in [-0.25, -0.2) is 4.39 Å². The summed E-state index contributed by atoms with van der Waals surface area (Å²) in [6.07, 6.45) is 1.47. The van der Waals surface area contributed by atoms with Crippen molar-refractivity contribution >= 4 is 0 Å². The van der Waals surface area contributed by atoms with E-state index >= 15 is 0 Å². The van der Waals surface area contributed by atoms with Gasteiger partial charge in [0.1, 0.15) is 0 Å². The topological polar surface area (TPSA) is 9.23 Å². The first-order valence-electron chi connectivity index (χ1n) is 5.19. The van der Waals surface area contributed by atoms with Gasteiger partial charge in [-0.15, -0.1) is 0 Å². The standard InChI is InChI=1S/C12H16F2O/c1-4-5-9-6-10(13)12(14)11(7-9)15-8(2)3/h6-8H,4-5H2,1-3H3. The van der Waals surface area contributed by atoms with Crippen molar-refractivity contribution in [2.45, 2.75) is 39.7 Å². The van der Waals surface area contributed by atoms with Crippen LogP contribution in [0.15, 0.2) is 12.1 Å². The highest BCUT2D eigenvalue weighted by Crippen LogP contribution is 2.23. The van der Waals surface area contributed by atoms with Crippen molar-refractivity contribution in [2.24, 2.45) is 0 Å². The highest BCUT2D eigenvalue weighted by Gasteiger charge is 2.12. The Morgan fingerprint density at radius 3 is 2.47 bits per heavy atom. The molecule has 0 saturated heterocycles. The molecule has 0 aliphatic carbocycles. The number of halogens is 2. The summed E-state index contributed by atoms with van der Waals surface area (Å²) in [6, 6.07) is 2.80. The summed E-state index contributed by atoms with van der Waals surface area (Å²) in [5.41, 5.74) is 0.770. The van der Waals surface area contributed by atoms with E-state index in [0.29, 0.717) is 0 Å². The molecule has 1 rings (SSSR count). The van der Waals surface area contributed by atoms with Crippen molar-refractivity contribution in [2.75, 3.05) is 0 Å². The van der Waals surface area contributed by atoms with Gasteiger partial charge in [-0.3, -0.25) is 0 Å². The first-order valence-corrected chi connectivity index (χ1v) is 5.19. The molecule has 0 unspecified atom stereocenters. The fourth-order valence-corrected chi connectivity index (χ4v) is 1.39. The highest BCUT2D eigenvalue weighted by molar-refractivity contribution is 5.31. The second kappa shape index (κ2) is 5.10. The van der Waals surface area contributed by atoms with Crippen molar-refractivity contribution in [3.05, 3.63) is 29.3 Å². The van der Waals surface area contributed by atoms with Gasteiger partial charge >= 0.3 is 0 Å². The minimum absolute atomic E-state index is 0.00782. The zero-order chi connectivity index (χ0) is 11.4. The summed E-state index contributed by atoms with van der Waals surface area (Å²) in [5, 5.41) is 0. The number of hydrogen-bond acceptors (Lipinski definition) is 1. The lowest BCUT2D eigenvalue weighted by Gasteiger charge is -2.12. The van der Waals surface area contributed by atoms with E-state index in [2.05, 4.69) is 0 Å². The first kappa shape index (κ1) is 12.0. The Kier molecular flexibility index (Phi) is 4.06. The molecule has 0 fully saturated rings. The van der Waals surface area contributed by atoms with Gasteiger partial charge in [0.25, 0.3) is 0 Å². The molecule has 0 heterocycles. The average Bonchev–Trinajstić information content (AvgIpc) is 2.13. The fraction of sp³-hybridized carbons (Fsp3) is 0.500. The van der Waals surface area contributed by atoms with Crippen LogP contribution in [0, 0.1) is 11.6 Å². The molecule has 1 aromatic carbocycles. The van der Waals surface area contributed by atoms with Crippen molar-refractivity contribution in [1.29, 1.82) is 0 Å². The van der Waals surface area contributed by atoms with E-state index in [1.807, 2.05) is 6.92 Å². The number of ether oxygens (including phenoxy) is 1. The number of benzene rings is 1. The lowest BCUT2D eigenvalue weighted by Crippen LogP contribution is -2.08. The van der Waals surface area contributed by atoms with Crippen LogP contribution in [-0.2, 0) is 6.42 Å². The quantitative estimate of drug-likeness (QED) is 0.742. The molecule has 0 atom stereocenters. The van der Waals surface area contributed by atoms with Gasteiger partial charge in [0.15, 0.2) is 11.6 Å². The summed E-state index contributed by atoms with van der Waals surface area (Å²) < 4.78 is 31.6. The summed E-state index contributed by atoms with van der Waals surface area (Å²) in [6.45, 7) is 5.55. The van der Waals surface area contributed by atoms with Gasteiger partial charge in [-0.2, -0.15) is 4.39 Å². The van der Waals surface area contributed by atoms with Crippen LogP contribution in [0.2, 0.25) is 0 Å². The molecule has 15 heavy (non-hydrogen) atoms. The molecular weight excluding hydrogens is 198 g/mol.